The molecule has 0 aliphatic carbocycles. The second kappa shape index (κ2) is 10.5. The maximum atomic E-state index is 15.3. The zero-order valence-corrected chi connectivity index (χ0v) is 20.4. The predicted octanol–water partition coefficient (Wildman–Crippen LogP) is 3.01. The maximum Gasteiger partial charge on any atom is 0.233 e. The molecule has 8 nitrogen and oxygen atoms in total. The summed E-state index contributed by atoms with van der Waals surface area (Å²) in [7, 11) is 0. The van der Waals surface area contributed by atoms with Gasteiger partial charge in [-0.1, -0.05) is 23.7 Å². The Morgan fingerprint density at radius 1 is 1.36 bits per heavy atom. The SMILES string of the molecule is C#CCOc1cnc(/C(F)=C/c2ccc(F)c([C@]34CN(C(C)=O)C[C@H]3CSC(NC(C)=O)=N4)c2)cn1. The van der Waals surface area contributed by atoms with Crippen molar-refractivity contribution in [3.05, 3.63) is 53.2 Å². The van der Waals surface area contributed by atoms with Crippen LogP contribution >= 0.6 is 11.8 Å². The smallest absolute Gasteiger partial charge is 0.233 e. The van der Waals surface area contributed by atoms with Gasteiger partial charge in [0.2, 0.25) is 17.7 Å². The number of amidine groups is 1. The molecule has 1 aromatic carbocycles. The standard InChI is InChI=1S/C25H23F2N5O3S/c1-4-7-35-23-11-28-22(10-29-23)21(27)9-17-5-6-20(26)19(8-17)25-14-32(16(3)34)12-18(25)13-36-24(31-25)30-15(2)33/h1,5-6,8-11,18H,7,12-14H2,2-3H3,(H,30,31,33)/b21-9-/t18-,25-/m0/s1. The molecule has 4 rings (SSSR count). The summed E-state index contributed by atoms with van der Waals surface area (Å²) in [5.74, 6) is 1.14. The van der Waals surface area contributed by atoms with Crippen molar-refractivity contribution in [3.8, 4) is 18.2 Å². The van der Waals surface area contributed by atoms with Crippen molar-refractivity contribution < 1.29 is 23.1 Å². The second-order valence-electron chi connectivity index (χ2n) is 8.39. The Morgan fingerprint density at radius 3 is 2.83 bits per heavy atom. The summed E-state index contributed by atoms with van der Waals surface area (Å²) < 4.78 is 35.4. The zero-order valence-electron chi connectivity index (χ0n) is 19.6. The molecule has 0 unspecified atom stereocenters. The van der Waals surface area contributed by atoms with Crippen LogP contribution in [0, 0.1) is 24.1 Å². The van der Waals surface area contributed by atoms with Gasteiger partial charge >= 0.3 is 0 Å². The van der Waals surface area contributed by atoms with Crippen molar-refractivity contribution in [2.75, 3.05) is 25.4 Å². The summed E-state index contributed by atoms with van der Waals surface area (Å²) in [6, 6.07) is 4.21. The fourth-order valence-corrected chi connectivity index (χ4v) is 5.43. The molecular weight excluding hydrogens is 488 g/mol. The lowest BCUT2D eigenvalue weighted by Gasteiger charge is -2.35. The molecule has 1 fully saturated rings. The molecule has 2 amide bonds. The van der Waals surface area contributed by atoms with Crippen LogP contribution in [0.5, 0.6) is 5.88 Å². The van der Waals surface area contributed by atoms with E-state index in [2.05, 4.69) is 21.2 Å². The van der Waals surface area contributed by atoms with Crippen LogP contribution in [0.15, 0.2) is 35.6 Å². The molecule has 2 atom stereocenters. The molecule has 0 radical (unpaired) electrons. The number of nitrogens with zero attached hydrogens (tertiary/aromatic N) is 4. The Morgan fingerprint density at radius 2 is 2.17 bits per heavy atom. The third kappa shape index (κ3) is 5.23. The van der Waals surface area contributed by atoms with E-state index in [-0.39, 0.29) is 48.0 Å². The van der Waals surface area contributed by atoms with Gasteiger partial charge in [0.25, 0.3) is 0 Å². The van der Waals surface area contributed by atoms with Crippen LogP contribution in [0.25, 0.3) is 11.9 Å². The van der Waals surface area contributed by atoms with E-state index in [1.807, 2.05) is 0 Å². The van der Waals surface area contributed by atoms with E-state index in [4.69, 9.17) is 16.2 Å². The topological polar surface area (TPSA) is 96.8 Å². The van der Waals surface area contributed by atoms with E-state index >= 15 is 4.39 Å². The summed E-state index contributed by atoms with van der Waals surface area (Å²) in [5, 5.41) is 3.04. The number of aromatic nitrogens is 2. The quantitative estimate of drug-likeness (QED) is 0.620. The second-order valence-corrected chi connectivity index (χ2v) is 9.40. The van der Waals surface area contributed by atoms with Crippen molar-refractivity contribution in [1.29, 1.82) is 0 Å². The number of benzene rings is 1. The summed E-state index contributed by atoms with van der Waals surface area (Å²) in [6.45, 7) is 3.37. The highest BCUT2D eigenvalue weighted by molar-refractivity contribution is 8.13. The third-order valence-electron chi connectivity index (χ3n) is 5.93. The van der Waals surface area contributed by atoms with Crippen LogP contribution in [0.3, 0.4) is 0 Å². The van der Waals surface area contributed by atoms with E-state index in [0.717, 1.165) is 0 Å². The van der Waals surface area contributed by atoms with Gasteiger partial charge in [0.15, 0.2) is 17.6 Å². The van der Waals surface area contributed by atoms with Crippen LogP contribution in [-0.4, -0.2) is 57.3 Å². The molecule has 186 valence electrons. The summed E-state index contributed by atoms with van der Waals surface area (Å²) >= 11 is 1.35. The molecule has 2 aromatic rings. The highest BCUT2D eigenvalue weighted by Gasteiger charge is 2.52. The van der Waals surface area contributed by atoms with Crippen molar-refractivity contribution in [3.63, 3.8) is 0 Å². The lowest BCUT2D eigenvalue weighted by molar-refractivity contribution is -0.128. The number of hydrogen-bond donors (Lipinski definition) is 1. The highest BCUT2D eigenvalue weighted by Crippen LogP contribution is 2.46. The van der Waals surface area contributed by atoms with Gasteiger partial charge in [0.05, 0.1) is 18.9 Å². The minimum Gasteiger partial charge on any atom is -0.463 e. The number of carbonyl (C=O) groups excluding carboxylic acids is 2. The van der Waals surface area contributed by atoms with Gasteiger partial charge in [-0.15, -0.1) is 6.42 Å². The number of hydrogen-bond acceptors (Lipinski definition) is 7. The average Bonchev–Trinajstić information content (AvgIpc) is 3.24. The Hall–Kier alpha value is -3.78. The molecular formula is C25H23F2N5O3S. The van der Waals surface area contributed by atoms with Gasteiger partial charge < -0.3 is 15.0 Å². The number of rotatable bonds is 5. The maximum absolute atomic E-state index is 15.3. The Balaban J connectivity index is 1.71. The summed E-state index contributed by atoms with van der Waals surface area (Å²) in [6.07, 6.45) is 8.82. The molecule has 0 spiro atoms. The van der Waals surface area contributed by atoms with E-state index in [0.29, 0.717) is 23.0 Å². The predicted molar refractivity (Wildman–Crippen MR) is 133 cm³/mol. The van der Waals surface area contributed by atoms with Gasteiger partial charge in [-0.05, 0) is 23.8 Å². The van der Waals surface area contributed by atoms with E-state index in [1.165, 1.54) is 62.3 Å². The lowest BCUT2D eigenvalue weighted by atomic mass is 9.81. The minimum atomic E-state index is -1.12. The van der Waals surface area contributed by atoms with E-state index in [9.17, 15) is 14.0 Å². The number of aliphatic imine (C=N–C) groups is 1. The molecule has 0 saturated carbocycles. The van der Waals surface area contributed by atoms with Crippen molar-refractivity contribution in [2.24, 2.45) is 10.9 Å². The van der Waals surface area contributed by atoms with Crippen molar-refractivity contribution in [1.82, 2.24) is 20.2 Å². The van der Waals surface area contributed by atoms with Crippen LogP contribution in [-0.2, 0) is 15.1 Å². The van der Waals surface area contributed by atoms with Crippen LogP contribution in [0.2, 0.25) is 0 Å². The first-order valence-electron chi connectivity index (χ1n) is 11.0. The number of nitrogens with one attached hydrogen (secondary N) is 1. The lowest BCUT2D eigenvalue weighted by Crippen LogP contribution is -2.42. The fourth-order valence-electron chi connectivity index (χ4n) is 4.25. The number of amides is 2. The van der Waals surface area contributed by atoms with E-state index in [1.54, 1.807) is 4.90 Å². The molecule has 1 N–H and O–H groups in total. The highest BCUT2D eigenvalue weighted by atomic mass is 32.2. The summed E-state index contributed by atoms with van der Waals surface area (Å²) in [5.41, 5.74) is -0.546. The Bertz CT molecular complexity index is 1290. The van der Waals surface area contributed by atoms with Crippen molar-refractivity contribution >= 4 is 40.6 Å². The van der Waals surface area contributed by atoms with E-state index < -0.39 is 17.2 Å². The number of likely N-dealkylation sites (tertiary alicyclic amines) is 1. The van der Waals surface area contributed by atoms with Crippen LogP contribution in [0.4, 0.5) is 8.78 Å². The van der Waals surface area contributed by atoms with Gasteiger partial charge in [0, 0.05) is 37.6 Å². The molecule has 11 heteroatoms. The number of carbonyl (C=O) groups is 2. The first-order chi connectivity index (χ1) is 17.2. The van der Waals surface area contributed by atoms with Crippen LogP contribution < -0.4 is 10.1 Å². The molecule has 1 aromatic heterocycles. The van der Waals surface area contributed by atoms with Gasteiger partial charge in [-0.25, -0.2) is 23.7 Å². The molecule has 1 saturated heterocycles. The number of thioether (sulfide) groups is 1. The van der Waals surface area contributed by atoms with Gasteiger partial charge in [-0.3, -0.25) is 9.59 Å². The van der Waals surface area contributed by atoms with Gasteiger partial charge in [0.1, 0.15) is 17.1 Å². The number of fused-ring (bicyclic) bond motifs is 1. The Labute approximate surface area is 211 Å². The largest absolute Gasteiger partial charge is 0.463 e. The molecule has 0 bridgehead atoms. The molecule has 36 heavy (non-hydrogen) atoms. The first-order valence-corrected chi connectivity index (χ1v) is 12.0. The van der Waals surface area contributed by atoms with Crippen molar-refractivity contribution in [2.45, 2.75) is 19.4 Å². The summed E-state index contributed by atoms with van der Waals surface area (Å²) in [4.78, 5) is 38.1. The minimum absolute atomic E-state index is 0.0130. The number of halogens is 2. The average molecular weight is 512 g/mol. The Kier molecular flexibility index (Phi) is 7.35. The number of ether oxygens (including phenoxy) is 1. The normalized spacial score (nSPS) is 21.3. The monoisotopic (exact) mass is 511 g/mol. The van der Waals surface area contributed by atoms with Crippen LogP contribution in [0.1, 0.15) is 30.7 Å². The fraction of sp³-hybridized carbons (Fsp3) is 0.320. The molecule has 2 aliphatic rings. The third-order valence-corrected chi connectivity index (χ3v) is 6.96. The molecule has 3 heterocycles. The first kappa shape index (κ1) is 25.3. The zero-order chi connectivity index (χ0) is 25.9. The number of terminal acetylenes is 1. The van der Waals surface area contributed by atoms with Gasteiger partial charge in [-0.2, -0.15) is 0 Å². The molecule has 2 aliphatic heterocycles.